The molecule has 0 fully saturated rings. The average molecular weight is 615 g/mol. The summed E-state index contributed by atoms with van der Waals surface area (Å²) in [6, 6.07) is 10.0. The number of unbranched alkanes of at least 4 members (excludes halogenated alkanes) is 1. The van der Waals surface area contributed by atoms with E-state index < -0.39 is 27.1 Å². The zero-order valence-electron chi connectivity index (χ0n) is 25.9. The highest BCUT2D eigenvalue weighted by molar-refractivity contribution is 7.92. The van der Waals surface area contributed by atoms with Gasteiger partial charge in [-0.2, -0.15) is 5.10 Å². The molecule has 0 radical (unpaired) electrons. The van der Waals surface area contributed by atoms with Gasteiger partial charge in [-0.1, -0.05) is 12.1 Å². The lowest BCUT2D eigenvalue weighted by Crippen LogP contribution is -2.25. The first-order valence-electron chi connectivity index (χ1n) is 14.1. The molecule has 1 aromatic carbocycles. The first kappa shape index (κ1) is 33.4. The molecule has 2 heterocycles. The summed E-state index contributed by atoms with van der Waals surface area (Å²) in [7, 11) is -3.43. The predicted molar refractivity (Wildman–Crippen MR) is 167 cm³/mol. The van der Waals surface area contributed by atoms with Gasteiger partial charge in [-0.25, -0.2) is 18.1 Å². The molecule has 12 nitrogen and oxygen atoms in total. The van der Waals surface area contributed by atoms with Gasteiger partial charge in [0, 0.05) is 17.7 Å². The van der Waals surface area contributed by atoms with E-state index >= 15 is 0 Å². The van der Waals surface area contributed by atoms with Crippen LogP contribution < -0.4 is 20.5 Å². The normalized spacial score (nSPS) is 12.1. The minimum Gasteiger partial charge on any atom is -0.492 e. The van der Waals surface area contributed by atoms with Gasteiger partial charge in [-0.15, -0.1) is 0 Å². The third-order valence-electron chi connectivity index (χ3n) is 6.03. The van der Waals surface area contributed by atoms with Crippen molar-refractivity contribution in [2.24, 2.45) is 5.73 Å². The van der Waals surface area contributed by atoms with Gasteiger partial charge < -0.3 is 20.5 Å². The highest BCUT2D eigenvalue weighted by Crippen LogP contribution is 2.34. The monoisotopic (exact) mass is 614 g/mol. The quantitative estimate of drug-likeness (QED) is 0.173. The largest absolute Gasteiger partial charge is 0.492 e. The maximum atomic E-state index is 12.7. The second-order valence-electron chi connectivity index (χ2n) is 12.0. The number of hydrogen-bond donors (Lipinski definition) is 3. The number of esters is 1. The maximum absolute atomic E-state index is 12.7. The summed E-state index contributed by atoms with van der Waals surface area (Å²) < 4.78 is 39.1. The number of nitrogens with zero attached hydrogens (tertiary/aromatic N) is 3. The number of rotatable bonds is 13. The fourth-order valence-corrected chi connectivity index (χ4v) is 4.66. The van der Waals surface area contributed by atoms with Crippen molar-refractivity contribution in [1.29, 1.82) is 0 Å². The number of anilines is 3. The Morgan fingerprint density at radius 2 is 1.67 bits per heavy atom. The fourth-order valence-electron chi connectivity index (χ4n) is 4.02. The number of ether oxygens (including phenoxy) is 2. The summed E-state index contributed by atoms with van der Waals surface area (Å²) in [5, 5.41) is 7.92. The van der Waals surface area contributed by atoms with Crippen LogP contribution in [0.4, 0.5) is 17.3 Å². The van der Waals surface area contributed by atoms with Crippen LogP contribution in [0.1, 0.15) is 78.1 Å². The summed E-state index contributed by atoms with van der Waals surface area (Å²) in [6.45, 7) is 13.3. The summed E-state index contributed by atoms with van der Waals surface area (Å²) in [6.07, 6.45) is 3.22. The highest BCUT2D eigenvalue weighted by Gasteiger charge is 2.29. The van der Waals surface area contributed by atoms with Crippen molar-refractivity contribution < 1.29 is 27.5 Å². The number of aromatic nitrogens is 3. The van der Waals surface area contributed by atoms with Crippen LogP contribution in [-0.2, 0) is 25.1 Å². The van der Waals surface area contributed by atoms with E-state index in [0.717, 1.165) is 0 Å². The Morgan fingerprint density at radius 1 is 1.00 bits per heavy atom. The SMILES string of the molecule is CCS(=O)(=O)Nc1ccc(-c2nn(C(C)(C)C)c(Nc3ccc(OCCCCC(=O)OC(C)(C)C)cn3)c2C(N)=O)cc1. The molecule has 1 amide bonds. The summed E-state index contributed by atoms with van der Waals surface area (Å²) in [5.41, 5.74) is 6.32. The van der Waals surface area contributed by atoms with E-state index in [1.54, 1.807) is 54.2 Å². The average Bonchev–Trinajstić information content (AvgIpc) is 3.28. The van der Waals surface area contributed by atoms with Gasteiger partial charge >= 0.3 is 5.97 Å². The molecule has 4 N–H and O–H groups in total. The van der Waals surface area contributed by atoms with E-state index in [4.69, 9.17) is 20.3 Å². The number of carbonyl (C=O) groups excluding carboxylic acids is 2. The van der Waals surface area contributed by atoms with E-state index in [1.807, 2.05) is 41.5 Å². The highest BCUT2D eigenvalue weighted by atomic mass is 32.2. The molecule has 0 unspecified atom stereocenters. The topological polar surface area (TPSA) is 168 Å². The Kier molecular flexibility index (Phi) is 10.4. The van der Waals surface area contributed by atoms with Gasteiger partial charge in [-0.05, 0) is 85.6 Å². The molecule has 0 aliphatic carbocycles. The van der Waals surface area contributed by atoms with Crippen LogP contribution in [0.15, 0.2) is 42.6 Å². The number of pyridine rings is 1. The number of carbonyl (C=O) groups is 2. The molecule has 3 aromatic rings. The van der Waals surface area contributed by atoms with Crippen LogP contribution in [0.2, 0.25) is 0 Å². The number of primary amides is 1. The van der Waals surface area contributed by atoms with Crippen molar-refractivity contribution >= 4 is 39.2 Å². The third kappa shape index (κ3) is 9.70. The smallest absolute Gasteiger partial charge is 0.306 e. The number of benzene rings is 1. The van der Waals surface area contributed by atoms with Gasteiger partial charge in [0.25, 0.3) is 5.91 Å². The number of hydrogen-bond acceptors (Lipinski definition) is 9. The molecule has 0 aliphatic heterocycles. The molecule has 0 aliphatic rings. The standard InChI is InChI=1S/C30H42N6O6S/c1-8-43(39,40)35-21-14-12-20(13-15-21)26-25(27(31)38)28(36(34-26)29(2,3)4)33-23-17-16-22(19-32-23)41-18-10-9-11-24(37)42-30(5,6)7/h12-17,19,35H,8-11,18H2,1-7H3,(H2,31,38)(H,32,33). The van der Waals surface area contributed by atoms with Gasteiger partial charge in [0.1, 0.15) is 34.2 Å². The van der Waals surface area contributed by atoms with E-state index in [-0.39, 0.29) is 17.3 Å². The second-order valence-corrected chi connectivity index (χ2v) is 14.0. The second kappa shape index (κ2) is 13.4. The molecule has 0 bridgehead atoms. The lowest BCUT2D eigenvalue weighted by molar-refractivity contribution is -0.154. The van der Waals surface area contributed by atoms with Gasteiger partial charge in [-0.3, -0.25) is 14.3 Å². The third-order valence-corrected chi connectivity index (χ3v) is 7.33. The Bertz CT molecular complexity index is 1520. The minimum atomic E-state index is -3.43. The lowest BCUT2D eigenvalue weighted by atomic mass is 10.1. The molecular weight excluding hydrogens is 572 g/mol. The van der Waals surface area contributed by atoms with Gasteiger partial charge in [0.15, 0.2) is 0 Å². The van der Waals surface area contributed by atoms with Crippen LogP contribution in [-0.4, -0.2) is 53.0 Å². The van der Waals surface area contributed by atoms with E-state index in [0.29, 0.717) is 60.2 Å². The molecule has 2 aromatic heterocycles. The van der Waals surface area contributed by atoms with Crippen molar-refractivity contribution in [3.05, 3.63) is 48.2 Å². The fraction of sp³-hybridized carbons (Fsp3) is 0.467. The zero-order chi connectivity index (χ0) is 32.0. The first-order chi connectivity index (χ1) is 20.0. The van der Waals surface area contributed by atoms with E-state index in [1.165, 1.54) is 0 Å². The Morgan fingerprint density at radius 3 is 2.21 bits per heavy atom. The van der Waals surface area contributed by atoms with Gasteiger partial charge in [0.05, 0.1) is 24.1 Å². The number of nitrogens with one attached hydrogen (secondary N) is 2. The van der Waals surface area contributed by atoms with Crippen molar-refractivity contribution in [3.8, 4) is 17.0 Å². The molecule has 13 heteroatoms. The molecule has 0 atom stereocenters. The molecule has 0 saturated heterocycles. The van der Waals surface area contributed by atoms with E-state index in [9.17, 15) is 18.0 Å². The molecule has 3 rings (SSSR count). The number of nitrogens with two attached hydrogens (primary N) is 1. The predicted octanol–water partition coefficient (Wildman–Crippen LogP) is 5.20. The maximum Gasteiger partial charge on any atom is 0.306 e. The van der Waals surface area contributed by atoms with E-state index in [2.05, 4.69) is 15.0 Å². The van der Waals surface area contributed by atoms with Crippen LogP contribution in [0, 0.1) is 0 Å². The van der Waals surface area contributed by atoms with Crippen molar-refractivity contribution in [2.45, 2.75) is 78.9 Å². The molecule has 234 valence electrons. The molecule has 0 spiro atoms. The number of amides is 1. The number of sulfonamides is 1. The molecule has 0 saturated carbocycles. The van der Waals surface area contributed by atoms with Crippen LogP contribution in [0.5, 0.6) is 5.75 Å². The van der Waals surface area contributed by atoms with Crippen molar-refractivity contribution in [2.75, 3.05) is 22.4 Å². The van der Waals surface area contributed by atoms with Gasteiger partial charge in [0.2, 0.25) is 10.0 Å². The Hall–Kier alpha value is -4.13. The first-order valence-corrected chi connectivity index (χ1v) is 15.8. The van der Waals surface area contributed by atoms with Crippen LogP contribution in [0.25, 0.3) is 11.3 Å². The van der Waals surface area contributed by atoms with Crippen LogP contribution in [0.3, 0.4) is 0 Å². The Balaban J connectivity index is 1.76. The minimum absolute atomic E-state index is 0.0530. The molecule has 43 heavy (non-hydrogen) atoms. The van der Waals surface area contributed by atoms with Crippen LogP contribution >= 0.6 is 0 Å². The molecular formula is C30H42N6O6S. The lowest BCUT2D eigenvalue weighted by Gasteiger charge is -2.23. The zero-order valence-corrected chi connectivity index (χ0v) is 26.7. The summed E-state index contributed by atoms with van der Waals surface area (Å²) in [5.74, 6) is 0.406. The van der Waals surface area contributed by atoms with Crippen molar-refractivity contribution in [3.63, 3.8) is 0 Å². The Labute approximate surface area is 253 Å². The van der Waals surface area contributed by atoms with Crippen molar-refractivity contribution in [1.82, 2.24) is 14.8 Å². The summed E-state index contributed by atoms with van der Waals surface area (Å²) in [4.78, 5) is 29.0. The summed E-state index contributed by atoms with van der Waals surface area (Å²) >= 11 is 0.